The Labute approximate surface area is 92.0 Å². The molecule has 1 rings (SSSR count). The molecular formula is C10H12ClF2NO. The van der Waals surface area contributed by atoms with Crippen molar-refractivity contribution >= 4 is 11.6 Å². The van der Waals surface area contributed by atoms with E-state index in [1.165, 1.54) is 7.11 Å². The lowest BCUT2D eigenvalue weighted by molar-refractivity contribution is 0.397. The number of hydrogen-bond acceptors (Lipinski definition) is 2. The molecule has 0 aliphatic rings. The zero-order valence-electron chi connectivity index (χ0n) is 8.32. The summed E-state index contributed by atoms with van der Waals surface area (Å²) in [5, 5.41) is 0.0726. The molecule has 0 saturated carbocycles. The summed E-state index contributed by atoms with van der Waals surface area (Å²) in [6, 6.07) is 0.904. The largest absolute Gasteiger partial charge is 0.495 e. The molecule has 0 aliphatic heterocycles. The van der Waals surface area contributed by atoms with Crippen LogP contribution in [-0.4, -0.2) is 13.7 Å². The van der Waals surface area contributed by atoms with Gasteiger partial charge in [-0.15, -0.1) is 0 Å². The summed E-state index contributed by atoms with van der Waals surface area (Å²) in [6.45, 7) is 0.400. The van der Waals surface area contributed by atoms with Crippen LogP contribution in [0.4, 0.5) is 8.78 Å². The van der Waals surface area contributed by atoms with Gasteiger partial charge in [0.05, 0.1) is 12.1 Å². The van der Waals surface area contributed by atoms with E-state index >= 15 is 0 Å². The van der Waals surface area contributed by atoms with E-state index in [2.05, 4.69) is 0 Å². The number of halogens is 3. The van der Waals surface area contributed by atoms with Crippen LogP contribution >= 0.6 is 11.6 Å². The Morgan fingerprint density at radius 1 is 1.47 bits per heavy atom. The Morgan fingerprint density at radius 2 is 2.13 bits per heavy atom. The van der Waals surface area contributed by atoms with Crippen molar-refractivity contribution in [3.05, 3.63) is 28.3 Å². The van der Waals surface area contributed by atoms with Gasteiger partial charge >= 0.3 is 0 Å². The number of methoxy groups -OCH3 is 1. The van der Waals surface area contributed by atoms with E-state index in [1.807, 2.05) is 0 Å². The predicted molar refractivity (Wildman–Crippen MR) is 55.3 cm³/mol. The quantitative estimate of drug-likeness (QED) is 0.814. The summed E-state index contributed by atoms with van der Waals surface area (Å²) in [4.78, 5) is 0. The van der Waals surface area contributed by atoms with Crippen LogP contribution < -0.4 is 10.5 Å². The van der Waals surface area contributed by atoms with Gasteiger partial charge in [-0.1, -0.05) is 11.6 Å². The maximum absolute atomic E-state index is 13.4. The molecule has 0 saturated heterocycles. The molecule has 0 spiro atoms. The third-order valence-corrected chi connectivity index (χ3v) is 2.33. The number of hydrogen-bond donors (Lipinski definition) is 1. The molecule has 0 fully saturated rings. The number of nitrogens with two attached hydrogens (primary N) is 1. The molecule has 0 atom stereocenters. The first kappa shape index (κ1) is 12.2. The Hall–Kier alpha value is -0.870. The van der Waals surface area contributed by atoms with Gasteiger partial charge in [0, 0.05) is 5.56 Å². The highest BCUT2D eigenvalue weighted by Crippen LogP contribution is 2.33. The van der Waals surface area contributed by atoms with E-state index in [1.54, 1.807) is 0 Å². The van der Waals surface area contributed by atoms with Gasteiger partial charge in [0.1, 0.15) is 5.75 Å². The van der Waals surface area contributed by atoms with E-state index in [-0.39, 0.29) is 16.3 Å². The predicted octanol–water partition coefficient (Wildman–Crippen LogP) is 2.52. The minimum atomic E-state index is -0.965. The van der Waals surface area contributed by atoms with Crippen molar-refractivity contribution in [3.63, 3.8) is 0 Å². The molecule has 0 aliphatic carbocycles. The van der Waals surface area contributed by atoms with E-state index in [9.17, 15) is 8.78 Å². The van der Waals surface area contributed by atoms with E-state index in [0.717, 1.165) is 6.07 Å². The second kappa shape index (κ2) is 5.28. The summed E-state index contributed by atoms with van der Waals surface area (Å²) >= 11 is 5.72. The van der Waals surface area contributed by atoms with Crippen LogP contribution in [-0.2, 0) is 6.42 Å². The summed E-state index contributed by atoms with van der Waals surface area (Å²) in [5.41, 5.74) is 5.45. The molecule has 1 aromatic rings. The third kappa shape index (κ3) is 2.58. The van der Waals surface area contributed by atoms with Gasteiger partial charge in [0.2, 0.25) is 0 Å². The summed E-state index contributed by atoms with van der Waals surface area (Å²) in [7, 11) is 1.37. The molecule has 5 heteroatoms. The molecular weight excluding hydrogens is 224 g/mol. The van der Waals surface area contributed by atoms with Crippen molar-refractivity contribution < 1.29 is 13.5 Å². The fourth-order valence-electron chi connectivity index (χ4n) is 1.35. The normalized spacial score (nSPS) is 10.5. The van der Waals surface area contributed by atoms with Crippen LogP contribution in [0, 0.1) is 11.6 Å². The molecule has 1 aromatic carbocycles. The smallest absolute Gasteiger partial charge is 0.165 e. The minimum Gasteiger partial charge on any atom is -0.495 e. The first-order chi connectivity index (χ1) is 7.11. The fourth-order valence-corrected chi connectivity index (χ4v) is 1.64. The van der Waals surface area contributed by atoms with Crippen molar-refractivity contribution in [2.45, 2.75) is 12.8 Å². The van der Waals surface area contributed by atoms with Crippen LogP contribution in [0.15, 0.2) is 6.07 Å². The van der Waals surface area contributed by atoms with Crippen LogP contribution in [0.25, 0.3) is 0 Å². The van der Waals surface area contributed by atoms with E-state index < -0.39 is 11.6 Å². The summed E-state index contributed by atoms with van der Waals surface area (Å²) < 4.78 is 31.4. The topological polar surface area (TPSA) is 35.2 Å². The van der Waals surface area contributed by atoms with Gasteiger partial charge < -0.3 is 10.5 Å². The highest BCUT2D eigenvalue weighted by atomic mass is 35.5. The molecule has 2 N–H and O–H groups in total. The third-order valence-electron chi connectivity index (χ3n) is 2.05. The molecule has 15 heavy (non-hydrogen) atoms. The maximum atomic E-state index is 13.4. The highest BCUT2D eigenvalue weighted by Gasteiger charge is 2.17. The Bertz CT molecular complexity index is 358. The van der Waals surface area contributed by atoms with Crippen LogP contribution in [0.5, 0.6) is 5.75 Å². The van der Waals surface area contributed by atoms with Gasteiger partial charge in [0.25, 0.3) is 0 Å². The first-order valence-electron chi connectivity index (χ1n) is 4.52. The summed E-state index contributed by atoms with van der Waals surface area (Å²) in [5.74, 6) is -1.69. The van der Waals surface area contributed by atoms with Crippen molar-refractivity contribution in [2.24, 2.45) is 5.73 Å². The highest BCUT2D eigenvalue weighted by molar-refractivity contribution is 6.32. The van der Waals surface area contributed by atoms with Crippen molar-refractivity contribution in [1.29, 1.82) is 0 Å². The van der Waals surface area contributed by atoms with Crippen molar-refractivity contribution in [3.8, 4) is 5.75 Å². The van der Waals surface area contributed by atoms with Gasteiger partial charge in [-0.25, -0.2) is 8.78 Å². The van der Waals surface area contributed by atoms with E-state index in [4.69, 9.17) is 22.1 Å². The van der Waals surface area contributed by atoms with Crippen molar-refractivity contribution in [1.82, 2.24) is 0 Å². The van der Waals surface area contributed by atoms with Crippen LogP contribution in [0.2, 0.25) is 5.02 Å². The SMILES string of the molecule is COc1c(Cl)cc(F)c(F)c1CCCN. The van der Waals surface area contributed by atoms with Gasteiger partial charge in [-0.05, 0) is 25.5 Å². The van der Waals surface area contributed by atoms with E-state index in [0.29, 0.717) is 19.4 Å². The van der Waals surface area contributed by atoms with Crippen LogP contribution in [0.1, 0.15) is 12.0 Å². The van der Waals surface area contributed by atoms with Gasteiger partial charge in [-0.3, -0.25) is 0 Å². The fraction of sp³-hybridized carbons (Fsp3) is 0.400. The molecule has 0 heterocycles. The molecule has 84 valence electrons. The average Bonchev–Trinajstić information content (AvgIpc) is 2.21. The Kier molecular flexibility index (Phi) is 4.29. The summed E-state index contributed by atoms with van der Waals surface area (Å²) in [6.07, 6.45) is 0.857. The molecule has 0 bridgehead atoms. The number of ether oxygens (including phenoxy) is 1. The Balaban J connectivity index is 3.18. The van der Waals surface area contributed by atoms with Gasteiger partial charge in [-0.2, -0.15) is 0 Å². The number of benzene rings is 1. The Morgan fingerprint density at radius 3 is 2.67 bits per heavy atom. The zero-order chi connectivity index (χ0) is 11.4. The first-order valence-corrected chi connectivity index (χ1v) is 4.90. The lowest BCUT2D eigenvalue weighted by Gasteiger charge is -2.11. The molecule has 0 amide bonds. The molecule has 2 nitrogen and oxygen atoms in total. The minimum absolute atomic E-state index is 0.0726. The molecule has 0 radical (unpaired) electrons. The lowest BCUT2D eigenvalue weighted by atomic mass is 10.1. The standard InChI is InChI=1S/C10H12ClF2NO/c1-15-10-6(3-2-4-14)9(13)8(12)5-7(10)11/h5H,2-4,14H2,1H3. The average molecular weight is 236 g/mol. The van der Waals surface area contributed by atoms with Gasteiger partial charge in [0.15, 0.2) is 11.6 Å². The second-order valence-electron chi connectivity index (χ2n) is 3.06. The van der Waals surface area contributed by atoms with Crippen LogP contribution in [0.3, 0.4) is 0 Å². The maximum Gasteiger partial charge on any atom is 0.165 e. The second-order valence-corrected chi connectivity index (χ2v) is 3.47. The van der Waals surface area contributed by atoms with Crippen molar-refractivity contribution in [2.75, 3.05) is 13.7 Å². The number of rotatable bonds is 4. The monoisotopic (exact) mass is 235 g/mol. The molecule has 0 unspecified atom stereocenters. The zero-order valence-corrected chi connectivity index (χ0v) is 9.07. The molecule has 0 aromatic heterocycles. The lowest BCUT2D eigenvalue weighted by Crippen LogP contribution is -2.05.